The lowest BCUT2D eigenvalue weighted by Crippen LogP contribution is -2.62. The minimum Gasteiger partial charge on any atom is -0.507 e. The Balaban J connectivity index is 1.96. The van der Waals surface area contributed by atoms with E-state index < -0.39 is 0 Å². The van der Waals surface area contributed by atoms with E-state index in [2.05, 4.69) is 28.9 Å². The Morgan fingerprint density at radius 1 is 1.17 bits per heavy atom. The minimum atomic E-state index is 0.0408. The van der Waals surface area contributed by atoms with Gasteiger partial charge in [0, 0.05) is 32.7 Å². The molecule has 1 saturated heterocycles. The highest BCUT2D eigenvalue weighted by Gasteiger charge is 2.37. The van der Waals surface area contributed by atoms with E-state index >= 15 is 0 Å². The number of urea groups is 1. The molecular weight excluding hydrogens is 368 g/mol. The first kappa shape index (κ1) is 20.7. The maximum Gasteiger partial charge on any atom is 0.320 e. The zero-order chi connectivity index (χ0) is 21.1. The fourth-order valence-electron chi connectivity index (χ4n) is 3.92. The first-order chi connectivity index (χ1) is 13.9. The van der Waals surface area contributed by atoms with Gasteiger partial charge in [0.05, 0.1) is 23.5 Å². The van der Waals surface area contributed by atoms with Crippen LogP contribution in [0.3, 0.4) is 0 Å². The van der Waals surface area contributed by atoms with E-state index in [0.717, 1.165) is 18.5 Å². The number of para-hydroxylation sites is 1. The fraction of sp³-hybridized carbons (Fsp3) is 0.476. The van der Waals surface area contributed by atoms with E-state index in [1.807, 2.05) is 17.0 Å². The van der Waals surface area contributed by atoms with Crippen molar-refractivity contribution in [3.63, 3.8) is 0 Å². The molecule has 1 aliphatic heterocycles. The Bertz CT molecular complexity index is 858. The molecule has 2 amide bonds. The molecule has 3 rings (SSSR count). The number of hydrogen-bond donors (Lipinski definition) is 2. The van der Waals surface area contributed by atoms with Crippen LogP contribution in [-0.2, 0) is 0 Å². The molecule has 0 aliphatic carbocycles. The predicted molar refractivity (Wildman–Crippen MR) is 115 cm³/mol. The molecule has 8 nitrogen and oxygen atoms in total. The summed E-state index contributed by atoms with van der Waals surface area (Å²) in [4.78, 5) is 18.6. The number of carbonyl (C=O) groups is 1. The van der Waals surface area contributed by atoms with Crippen LogP contribution in [-0.4, -0.2) is 70.4 Å². The summed E-state index contributed by atoms with van der Waals surface area (Å²) in [5.41, 5.74) is 8.15. The second-order valence-electron chi connectivity index (χ2n) is 7.63. The Hall–Kier alpha value is -3.03. The number of anilines is 2. The monoisotopic (exact) mass is 398 g/mol. The van der Waals surface area contributed by atoms with Crippen molar-refractivity contribution in [2.45, 2.75) is 38.8 Å². The molecular formula is C21H30N6O2. The Morgan fingerprint density at radius 2 is 1.79 bits per heavy atom. The van der Waals surface area contributed by atoms with E-state index in [9.17, 15) is 9.90 Å². The van der Waals surface area contributed by atoms with Crippen molar-refractivity contribution in [3.05, 3.63) is 30.3 Å². The van der Waals surface area contributed by atoms with Crippen LogP contribution in [0.4, 0.5) is 16.3 Å². The zero-order valence-corrected chi connectivity index (χ0v) is 17.5. The maximum atomic E-state index is 12.8. The van der Waals surface area contributed by atoms with Gasteiger partial charge in [-0.3, -0.25) is 0 Å². The molecule has 2 atom stereocenters. The molecule has 0 saturated carbocycles. The van der Waals surface area contributed by atoms with Crippen LogP contribution in [0.15, 0.2) is 30.3 Å². The molecule has 2 heterocycles. The zero-order valence-electron chi connectivity index (χ0n) is 17.5. The van der Waals surface area contributed by atoms with Crippen molar-refractivity contribution in [2.24, 2.45) is 0 Å². The Morgan fingerprint density at radius 3 is 2.34 bits per heavy atom. The van der Waals surface area contributed by atoms with Gasteiger partial charge in [0.25, 0.3) is 0 Å². The number of nitrogen functional groups attached to an aromatic ring is 1. The molecule has 29 heavy (non-hydrogen) atoms. The first-order valence-electron chi connectivity index (χ1n) is 10.0. The number of phenolic OH excluding ortho intramolecular Hbond substituents is 1. The number of aromatic nitrogens is 2. The Labute approximate surface area is 171 Å². The van der Waals surface area contributed by atoms with Crippen LogP contribution in [0.1, 0.15) is 26.7 Å². The predicted octanol–water partition coefficient (Wildman–Crippen LogP) is 2.79. The number of hydrogen-bond acceptors (Lipinski definition) is 6. The summed E-state index contributed by atoms with van der Waals surface area (Å²) >= 11 is 0. The molecule has 1 aromatic carbocycles. The molecule has 1 fully saturated rings. The van der Waals surface area contributed by atoms with Gasteiger partial charge in [-0.15, -0.1) is 10.2 Å². The van der Waals surface area contributed by atoms with Gasteiger partial charge in [-0.25, -0.2) is 4.79 Å². The van der Waals surface area contributed by atoms with Crippen molar-refractivity contribution in [1.82, 2.24) is 20.0 Å². The fourth-order valence-corrected chi connectivity index (χ4v) is 3.92. The second-order valence-corrected chi connectivity index (χ2v) is 7.63. The van der Waals surface area contributed by atoms with Crippen LogP contribution < -0.4 is 10.6 Å². The molecule has 1 aliphatic rings. The minimum absolute atomic E-state index is 0.0408. The third kappa shape index (κ3) is 4.06. The number of nitrogens with two attached hydrogens (primary N) is 1. The first-order valence-corrected chi connectivity index (χ1v) is 10.0. The van der Waals surface area contributed by atoms with Gasteiger partial charge >= 0.3 is 6.03 Å². The normalized spacial score (nSPS) is 19.3. The largest absolute Gasteiger partial charge is 0.507 e. The van der Waals surface area contributed by atoms with Crippen LogP contribution in [0.25, 0.3) is 11.3 Å². The second kappa shape index (κ2) is 8.55. The molecule has 3 N–H and O–H groups in total. The van der Waals surface area contributed by atoms with Gasteiger partial charge < -0.3 is 25.5 Å². The number of nitrogens with zero attached hydrogens (tertiary/aromatic N) is 5. The smallest absolute Gasteiger partial charge is 0.320 e. The van der Waals surface area contributed by atoms with Crippen LogP contribution in [0.2, 0.25) is 0 Å². The van der Waals surface area contributed by atoms with E-state index in [0.29, 0.717) is 30.2 Å². The number of benzene rings is 1. The summed E-state index contributed by atoms with van der Waals surface area (Å²) in [6, 6.07) is 9.10. The number of rotatable bonds is 4. The van der Waals surface area contributed by atoms with Crippen LogP contribution >= 0.6 is 0 Å². The lowest BCUT2D eigenvalue weighted by molar-refractivity contribution is 0.104. The number of aromatic hydroxyl groups is 1. The van der Waals surface area contributed by atoms with Gasteiger partial charge in [-0.1, -0.05) is 26.0 Å². The van der Waals surface area contributed by atoms with Crippen molar-refractivity contribution >= 4 is 17.5 Å². The third-order valence-electron chi connectivity index (χ3n) is 5.52. The summed E-state index contributed by atoms with van der Waals surface area (Å²) in [6.45, 7) is 5.53. The van der Waals surface area contributed by atoms with Gasteiger partial charge in [-0.2, -0.15) is 0 Å². The molecule has 156 valence electrons. The van der Waals surface area contributed by atoms with E-state index in [1.165, 1.54) is 0 Å². The van der Waals surface area contributed by atoms with Crippen molar-refractivity contribution in [1.29, 1.82) is 0 Å². The van der Waals surface area contributed by atoms with Crippen molar-refractivity contribution in [3.8, 4) is 17.0 Å². The molecule has 0 spiro atoms. The maximum absolute atomic E-state index is 12.8. The quantitative estimate of drug-likeness (QED) is 0.822. The van der Waals surface area contributed by atoms with Crippen LogP contribution in [0, 0.1) is 0 Å². The SMILES string of the molecule is CCC1CN(c2cc(-c3ccccc3O)nnc2N)CC(CC)N1C(=O)N(C)C. The highest BCUT2D eigenvalue weighted by Crippen LogP contribution is 2.33. The van der Waals surface area contributed by atoms with Crippen molar-refractivity contribution in [2.75, 3.05) is 37.8 Å². The highest BCUT2D eigenvalue weighted by molar-refractivity contribution is 5.77. The van der Waals surface area contributed by atoms with Gasteiger partial charge in [0.2, 0.25) is 0 Å². The Kier molecular flexibility index (Phi) is 6.10. The number of carbonyl (C=O) groups excluding carboxylic acids is 1. The standard InChI is InChI=1S/C21H30N6O2/c1-5-14-12-26(13-15(6-2)27(14)21(29)25(3)4)18-11-17(23-24-20(18)22)16-9-7-8-10-19(16)28/h7-11,14-15,28H,5-6,12-13H2,1-4H3,(H2,22,24). The number of amides is 2. The molecule has 1 aromatic heterocycles. The van der Waals surface area contributed by atoms with E-state index in [1.54, 1.807) is 37.2 Å². The van der Waals surface area contributed by atoms with E-state index in [4.69, 9.17) is 5.73 Å². The summed E-state index contributed by atoms with van der Waals surface area (Å²) in [7, 11) is 3.58. The van der Waals surface area contributed by atoms with E-state index in [-0.39, 0.29) is 23.9 Å². The summed E-state index contributed by atoms with van der Waals surface area (Å²) in [5.74, 6) is 0.498. The molecule has 2 unspecified atom stereocenters. The molecule has 0 bridgehead atoms. The van der Waals surface area contributed by atoms with Gasteiger partial charge in [-0.05, 0) is 31.0 Å². The summed E-state index contributed by atoms with van der Waals surface area (Å²) < 4.78 is 0. The van der Waals surface area contributed by atoms with Crippen molar-refractivity contribution < 1.29 is 9.90 Å². The van der Waals surface area contributed by atoms with Gasteiger partial charge in [0.15, 0.2) is 5.82 Å². The lowest BCUT2D eigenvalue weighted by atomic mass is 10.0. The third-order valence-corrected chi connectivity index (χ3v) is 5.52. The average Bonchev–Trinajstić information content (AvgIpc) is 2.73. The topological polar surface area (TPSA) is 98.8 Å². The molecule has 8 heteroatoms. The average molecular weight is 399 g/mol. The highest BCUT2D eigenvalue weighted by atomic mass is 16.3. The molecule has 0 radical (unpaired) electrons. The summed E-state index contributed by atoms with van der Waals surface area (Å²) in [6.07, 6.45) is 1.69. The molecule has 2 aromatic rings. The lowest BCUT2D eigenvalue weighted by Gasteiger charge is -2.48. The number of piperazine rings is 1. The number of phenols is 1. The van der Waals surface area contributed by atoms with Crippen LogP contribution in [0.5, 0.6) is 5.75 Å². The van der Waals surface area contributed by atoms with Gasteiger partial charge in [0.1, 0.15) is 5.75 Å². The summed E-state index contributed by atoms with van der Waals surface area (Å²) in [5, 5.41) is 18.5.